The third-order valence-electron chi connectivity index (χ3n) is 3.63. The third kappa shape index (κ3) is 2.89. The van der Waals surface area contributed by atoms with Crippen LogP contribution in [0, 0.1) is 6.92 Å². The van der Waals surface area contributed by atoms with E-state index in [1.165, 1.54) is 0 Å². The molecule has 1 aromatic rings. The smallest absolute Gasteiger partial charge is 0.122 e. The van der Waals surface area contributed by atoms with E-state index >= 15 is 0 Å². The Hall–Kier alpha value is -0.840. The van der Waals surface area contributed by atoms with Crippen molar-refractivity contribution in [3.05, 3.63) is 23.7 Å². The highest BCUT2D eigenvalue weighted by Gasteiger charge is 2.31. The molecule has 96 valence electrons. The van der Waals surface area contributed by atoms with Crippen LogP contribution in [0.2, 0.25) is 0 Å². The quantitative estimate of drug-likeness (QED) is 0.836. The molecule has 1 atom stereocenters. The van der Waals surface area contributed by atoms with Crippen molar-refractivity contribution in [2.75, 3.05) is 19.6 Å². The van der Waals surface area contributed by atoms with E-state index < -0.39 is 5.60 Å². The minimum Gasteiger partial charge on any atom is -0.465 e. The summed E-state index contributed by atoms with van der Waals surface area (Å²) in [5, 5.41) is 9.94. The van der Waals surface area contributed by atoms with Crippen LogP contribution in [-0.4, -0.2) is 35.2 Å². The molecule has 4 nitrogen and oxygen atoms in total. The minimum absolute atomic E-state index is 0.139. The predicted molar refractivity (Wildman–Crippen MR) is 66.7 cm³/mol. The van der Waals surface area contributed by atoms with Gasteiger partial charge in [-0.3, -0.25) is 4.90 Å². The number of hydrogen-bond donors (Lipinski definition) is 2. The highest BCUT2D eigenvalue weighted by atomic mass is 16.3. The van der Waals surface area contributed by atoms with E-state index in [1.54, 1.807) is 0 Å². The maximum absolute atomic E-state index is 9.94. The predicted octanol–water partition coefficient (Wildman–Crippen LogP) is 1.43. The van der Waals surface area contributed by atoms with Crippen molar-refractivity contribution >= 4 is 0 Å². The average Bonchev–Trinajstić information content (AvgIpc) is 2.68. The first-order chi connectivity index (χ1) is 8.02. The normalized spacial score (nSPS) is 22.6. The van der Waals surface area contributed by atoms with Crippen LogP contribution in [0.1, 0.15) is 37.3 Å². The molecule has 1 aliphatic rings. The topological polar surface area (TPSA) is 62.6 Å². The SMILES string of the molecule is Cc1ccc(C(CN)N2CCC(C)(O)CC2)o1. The lowest BCUT2D eigenvalue weighted by Crippen LogP contribution is -2.45. The molecule has 0 aromatic carbocycles. The van der Waals surface area contributed by atoms with Crippen LogP contribution in [0.15, 0.2) is 16.5 Å². The molecule has 1 unspecified atom stereocenters. The zero-order chi connectivity index (χ0) is 12.5. The molecule has 1 aliphatic heterocycles. The van der Waals surface area contributed by atoms with Crippen molar-refractivity contribution in [3.8, 4) is 0 Å². The Morgan fingerprint density at radius 3 is 2.59 bits per heavy atom. The molecule has 2 heterocycles. The first kappa shape index (κ1) is 12.6. The Labute approximate surface area is 102 Å². The number of furan rings is 1. The molecule has 4 heteroatoms. The van der Waals surface area contributed by atoms with Gasteiger partial charge in [0.25, 0.3) is 0 Å². The number of likely N-dealkylation sites (tertiary alicyclic amines) is 1. The molecular formula is C13H22N2O2. The molecule has 1 fully saturated rings. The van der Waals surface area contributed by atoms with Gasteiger partial charge in [-0.05, 0) is 38.8 Å². The van der Waals surface area contributed by atoms with Crippen molar-refractivity contribution in [3.63, 3.8) is 0 Å². The molecule has 0 amide bonds. The van der Waals surface area contributed by atoms with Gasteiger partial charge in [-0.2, -0.15) is 0 Å². The Morgan fingerprint density at radius 2 is 2.12 bits per heavy atom. The van der Waals surface area contributed by atoms with Gasteiger partial charge in [-0.15, -0.1) is 0 Å². The second-order valence-electron chi connectivity index (χ2n) is 5.23. The Kier molecular flexibility index (Phi) is 3.56. The van der Waals surface area contributed by atoms with Gasteiger partial charge >= 0.3 is 0 Å². The number of aliphatic hydroxyl groups is 1. The van der Waals surface area contributed by atoms with Gasteiger partial charge in [-0.25, -0.2) is 0 Å². The second-order valence-corrected chi connectivity index (χ2v) is 5.23. The summed E-state index contributed by atoms with van der Waals surface area (Å²) in [5.41, 5.74) is 5.33. The monoisotopic (exact) mass is 238 g/mol. The zero-order valence-electron chi connectivity index (χ0n) is 10.6. The van der Waals surface area contributed by atoms with Crippen LogP contribution in [0.3, 0.4) is 0 Å². The third-order valence-corrected chi connectivity index (χ3v) is 3.63. The number of hydrogen-bond acceptors (Lipinski definition) is 4. The van der Waals surface area contributed by atoms with Crippen molar-refractivity contribution in [2.45, 2.75) is 38.3 Å². The minimum atomic E-state index is -0.519. The molecule has 0 radical (unpaired) electrons. The molecule has 3 N–H and O–H groups in total. The highest BCUT2D eigenvalue weighted by Crippen LogP contribution is 2.28. The van der Waals surface area contributed by atoms with Gasteiger partial charge in [-0.1, -0.05) is 0 Å². The molecule has 0 spiro atoms. The van der Waals surface area contributed by atoms with Crippen LogP contribution in [0.25, 0.3) is 0 Å². The van der Waals surface area contributed by atoms with Crippen LogP contribution in [0.4, 0.5) is 0 Å². The van der Waals surface area contributed by atoms with E-state index in [1.807, 2.05) is 26.0 Å². The van der Waals surface area contributed by atoms with Crippen molar-refractivity contribution in [1.29, 1.82) is 0 Å². The lowest BCUT2D eigenvalue weighted by Gasteiger charge is -2.39. The summed E-state index contributed by atoms with van der Waals surface area (Å²) < 4.78 is 5.66. The second kappa shape index (κ2) is 4.80. The fourth-order valence-electron chi connectivity index (χ4n) is 2.40. The summed E-state index contributed by atoms with van der Waals surface area (Å²) in [5.74, 6) is 1.86. The zero-order valence-corrected chi connectivity index (χ0v) is 10.6. The van der Waals surface area contributed by atoms with Crippen molar-refractivity contribution < 1.29 is 9.52 Å². The summed E-state index contributed by atoms with van der Waals surface area (Å²) in [6, 6.07) is 4.11. The molecule has 17 heavy (non-hydrogen) atoms. The van der Waals surface area contributed by atoms with Gasteiger partial charge in [0.15, 0.2) is 0 Å². The molecule has 1 saturated heterocycles. The van der Waals surface area contributed by atoms with Crippen LogP contribution in [0.5, 0.6) is 0 Å². The molecule has 0 saturated carbocycles. The molecule has 0 bridgehead atoms. The summed E-state index contributed by atoms with van der Waals surface area (Å²) in [6.45, 7) is 6.13. The van der Waals surface area contributed by atoms with E-state index in [2.05, 4.69) is 4.90 Å². The molecule has 2 rings (SSSR count). The molecule has 1 aromatic heterocycles. The Balaban J connectivity index is 2.05. The summed E-state index contributed by atoms with van der Waals surface area (Å²) in [4.78, 5) is 2.30. The maximum Gasteiger partial charge on any atom is 0.122 e. The first-order valence-corrected chi connectivity index (χ1v) is 6.25. The van der Waals surface area contributed by atoms with Gasteiger partial charge < -0.3 is 15.3 Å². The lowest BCUT2D eigenvalue weighted by atomic mass is 9.92. The maximum atomic E-state index is 9.94. The number of aryl methyl sites for hydroxylation is 1. The van der Waals surface area contributed by atoms with Gasteiger partial charge in [0.1, 0.15) is 11.5 Å². The van der Waals surface area contributed by atoms with E-state index in [0.717, 1.165) is 37.5 Å². The molecule has 0 aliphatic carbocycles. The molecular weight excluding hydrogens is 216 g/mol. The number of rotatable bonds is 3. The van der Waals surface area contributed by atoms with Gasteiger partial charge in [0.05, 0.1) is 11.6 Å². The fourth-order valence-corrected chi connectivity index (χ4v) is 2.40. The van der Waals surface area contributed by atoms with E-state index in [0.29, 0.717) is 6.54 Å². The first-order valence-electron chi connectivity index (χ1n) is 6.25. The van der Waals surface area contributed by atoms with Crippen molar-refractivity contribution in [2.24, 2.45) is 5.73 Å². The number of piperidine rings is 1. The van der Waals surface area contributed by atoms with Crippen molar-refractivity contribution in [1.82, 2.24) is 4.90 Å². The van der Waals surface area contributed by atoms with Crippen LogP contribution >= 0.6 is 0 Å². The summed E-state index contributed by atoms with van der Waals surface area (Å²) in [7, 11) is 0. The largest absolute Gasteiger partial charge is 0.465 e. The van der Waals surface area contributed by atoms with E-state index in [-0.39, 0.29) is 6.04 Å². The average molecular weight is 238 g/mol. The van der Waals surface area contributed by atoms with Gasteiger partial charge in [0, 0.05) is 19.6 Å². The van der Waals surface area contributed by atoms with Crippen LogP contribution < -0.4 is 5.73 Å². The Morgan fingerprint density at radius 1 is 1.47 bits per heavy atom. The Bertz CT molecular complexity index is 363. The highest BCUT2D eigenvalue weighted by molar-refractivity contribution is 5.11. The number of nitrogens with zero attached hydrogens (tertiary/aromatic N) is 1. The van der Waals surface area contributed by atoms with E-state index in [9.17, 15) is 5.11 Å². The number of nitrogens with two attached hydrogens (primary N) is 1. The fraction of sp³-hybridized carbons (Fsp3) is 0.692. The standard InChI is InChI=1S/C13H22N2O2/c1-10-3-4-12(17-10)11(9-14)15-7-5-13(2,16)6-8-15/h3-4,11,16H,5-9,14H2,1-2H3. The lowest BCUT2D eigenvalue weighted by molar-refractivity contribution is -0.0183. The van der Waals surface area contributed by atoms with E-state index in [4.69, 9.17) is 10.2 Å². The summed E-state index contributed by atoms with van der Waals surface area (Å²) >= 11 is 0. The van der Waals surface area contributed by atoms with Gasteiger partial charge in [0.2, 0.25) is 0 Å². The summed E-state index contributed by atoms with van der Waals surface area (Å²) in [6.07, 6.45) is 1.59. The van der Waals surface area contributed by atoms with Crippen LogP contribution in [-0.2, 0) is 0 Å².